The van der Waals surface area contributed by atoms with Crippen LogP contribution < -0.4 is 5.32 Å². The predicted molar refractivity (Wildman–Crippen MR) is 175 cm³/mol. The Morgan fingerprint density at radius 1 is 0.889 bits per heavy atom. The lowest BCUT2D eigenvalue weighted by molar-refractivity contribution is -0.134. The largest absolute Gasteiger partial charge is 0.478 e. The van der Waals surface area contributed by atoms with Crippen molar-refractivity contribution in [3.63, 3.8) is 0 Å². The van der Waals surface area contributed by atoms with Crippen molar-refractivity contribution >= 4 is 40.4 Å². The van der Waals surface area contributed by atoms with Crippen LogP contribution in [-0.2, 0) is 4.79 Å². The molecular weight excluding hydrogens is 584 g/mol. The van der Waals surface area contributed by atoms with Gasteiger partial charge in [-0.25, -0.2) is 9.78 Å². The highest BCUT2D eigenvalue weighted by Crippen LogP contribution is 2.39. The number of fused-ring (bicyclic) bond motifs is 1. The van der Waals surface area contributed by atoms with Crippen LogP contribution in [0.5, 0.6) is 0 Å². The van der Waals surface area contributed by atoms with E-state index in [4.69, 9.17) is 0 Å². The van der Waals surface area contributed by atoms with Gasteiger partial charge in [0.05, 0.1) is 10.5 Å². The molecule has 8 nitrogen and oxygen atoms in total. The molecule has 9 heteroatoms. The second-order valence-corrected chi connectivity index (χ2v) is 12.3. The van der Waals surface area contributed by atoms with Gasteiger partial charge in [0, 0.05) is 36.1 Å². The minimum absolute atomic E-state index is 0.0489. The van der Waals surface area contributed by atoms with E-state index in [1.165, 1.54) is 23.4 Å². The minimum atomic E-state index is -1.10. The maximum absolute atomic E-state index is 13.6. The van der Waals surface area contributed by atoms with E-state index in [0.29, 0.717) is 23.9 Å². The smallest absolute Gasteiger partial charge is 0.338 e. The summed E-state index contributed by atoms with van der Waals surface area (Å²) in [5, 5.41) is 13.6. The Kier molecular flexibility index (Phi) is 8.98. The maximum atomic E-state index is 13.6. The first-order valence-corrected chi connectivity index (χ1v) is 15.9. The summed E-state index contributed by atoms with van der Waals surface area (Å²) in [6.45, 7) is 2.94. The molecule has 1 fully saturated rings. The normalized spacial score (nSPS) is 14.4. The third-order valence-electron chi connectivity index (χ3n) is 8.44. The highest BCUT2D eigenvalue weighted by atomic mass is 32.2. The van der Waals surface area contributed by atoms with E-state index >= 15 is 0 Å². The SMILES string of the molecule is C[C@@H](NC(=O)c1[nH]c2ccccc2c1Sc1ncccc1C(=O)O)C(=O)N1CCC(C(c2ccccc2)c2ccccc2)CC1. The number of pyridine rings is 1. The summed E-state index contributed by atoms with van der Waals surface area (Å²) in [5.74, 6) is -1.03. The number of nitrogens with one attached hydrogen (secondary N) is 2. The first kappa shape index (κ1) is 30.1. The summed E-state index contributed by atoms with van der Waals surface area (Å²) in [4.78, 5) is 48.9. The number of rotatable bonds is 9. The van der Waals surface area contributed by atoms with E-state index in [1.54, 1.807) is 13.0 Å². The quantitative estimate of drug-likeness (QED) is 0.171. The van der Waals surface area contributed by atoms with Crippen molar-refractivity contribution in [2.75, 3.05) is 13.1 Å². The number of aromatic amines is 1. The topological polar surface area (TPSA) is 115 Å². The number of likely N-dealkylation sites (tertiary alicyclic amines) is 1. The van der Waals surface area contributed by atoms with E-state index in [2.05, 4.69) is 63.8 Å². The summed E-state index contributed by atoms with van der Waals surface area (Å²) in [5.41, 5.74) is 3.60. The number of hydrogen-bond donors (Lipinski definition) is 3. The Balaban J connectivity index is 1.16. The molecule has 0 unspecified atom stereocenters. The van der Waals surface area contributed by atoms with Crippen LogP contribution in [0.2, 0.25) is 0 Å². The number of aromatic nitrogens is 2. The van der Waals surface area contributed by atoms with Gasteiger partial charge in [-0.05, 0) is 55.0 Å². The lowest BCUT2D eigenvalue weighted by Gasteiger charge is -2.37. The number of carboxylic acids is 1. The first-order chi connectivity index (χ1) is 21.9. The molecule has 0 spiro atoms. The molecular formula is C36H34N4O4S. The molecule has 0 saturated carbocycles. The Labute approximate surface area is 265 Å². The van der Waals surface area contributed by atoms with E-state index in [1.807, 2.05) is 41.3 Å². The molecule has 1 atom stereocenters. The van der Waals surface area contributed by atoms with Crippen LogP contribution in [0, 0.1) is 5.92 Å². The molecule has 3 heterocycles. The van der Waals surface area contributed by atoms with Gasteiger partial charge in [-0.1, -0.05) is 90.6 Å². The summed E-state index contributed by atoms with van der Waals surface area (Å²) in [7, 11) is 0. The number of amides is 2. The van der Waals surface area contributed by atoms with Gasteiger partial charge in [0.15, 0.2) is 0 Å². The van der Waals surface area contributed by atoms with Gasteiger partial charge in [0.25, 0.3) is 5.91 Å². The predicted octanol–water partition coefficient (Wildman–Crippen LogP) is 6.60. The molecule has 5 aromatic rings. The lowest BCUT2D eigenvalue weighted by atomic mass is 9.76. The number of aromatic carboxylic acids is 1. The molecule has 2 aromatic heterocycles. The molecule has 6 rings (SSSR count). The maximum Gasteiger partial charge on any atom is 0.338 e. The molecule has 0 radical (unpaired) electrons. The van der Waals surface area contributed by atoms with Gasteiger partial charge < -0.3 is 20.3 Å². The van der Waals surface area contributed by atoms with Crippen LogP contribution in [0.1, 0.15) is 57.7 Å². The average Bonchev–Trinajstić information content (AvgIpc) is 3.44. The zero-order valence-corrected chi connectivity index (χ0v) is 25.7. The monoisotopic (exact) mass is 618 g/mol. The summed E-state index contributed by atoms with van der Waals surface area (Å²) in [6, 6.07) is 30.8. The van der Waals surface area contributed by atoms with Crippen LogP contribution in [0.3, 0.4) is 0 Å². The Morgan fingerprint density at radius 3 is 2.16 bits per heavy atom. The van der Waals surface area contributed by atoms with Gasteiger partial charge >= 0.3 is 5.97 Å². The fourth-order valence-corrected chi connectivity index (χ4v) is 7.33. The van der Waals surface area contributed by atoms with Crippen LogP contribution in [0.4, 0.5) is 0 Å². The summed E-state index contributed by atoms with van der Waals surface area (Å²) in [6.07, 6.45) is 3.24. The second kappa shape index (κ2) is 13.4. The van der Waals surface area contributed by atoms with Crippen molar-refractivity contribution in [1.29, 1.82) is 0 Å². The van der Waals surface area contributed by atoms with E-state index in [-0.39, 0.29) is 28.1 Å². The van der Waals surface area contributed by atoms with Crippen LogP contribution in [0.15, 0.2) is 113 Å². The molecule has 0 aliphatic carbocycles. The second-order valence-electron chi connectivity index (χ2n) is 11.3. The van der Waals surface area contributed by atoms with Gasteiger partial charge in [-0.15, -0.1) is 0 Å². The summed E-state index contributed by atoms with van der Waals surface area (Å²) >= 11 is 1.12. The standard InChI is InChI=1S/C36H34N4O4S/c1-23(35(42)40-21-18-26(19-22-40)30(24-11-4-2-5-12-24)25-13-6-3-7-14-25)38-33(41)31-32(27-15-8-9-17-29(27)39-31)45-34-28(36(43)44)16-10-20-37-34/h2-17,20,23,26,30,39H,18-19,21-22H2,1H3,(H,38,41)(H,43,44)/t23-/m1/s1. The van der Waals surface area contributed by atoms with Crippen LogP contribution in [-0.4, -0.2) is 56.9 Å². The highest BCUT2D eigenvalue weighted by Gasteiger charge is 2.33. The van der Waals surface area contributed by atoms with Gasteiger partial charge in [-0.2, -0.15) is 0 Å². The third kappa shape index (κ3) is 6.49. The highest BCUT2D eigenvalue weighted by molar-refractivity contribution is 7.99. The van der Waals surface area contributed by atoms with Crippen LogP contribution in [0.25, 0.3) is 10.9 Å². The van der Waals surface area contributed by atoms with Crippen LogP contribution >= 0.6 is 11.8 Å². The number of H-pyrrole nitrogens is 1. The first-order valence-electron chi connectivity index (χ1n) is 15.1. The van der Waals surface area contributed by atoms with Crippen molar-refractivity contribution in [2.24, 2.45) is 5.92 Å². The van der Waals surface area contributed by atoms with Crippen molar-refractivity contribution < 1.29 is 19.5 Å². The lowest BCUT2D eigenvalue weighted by Crippen LogP contribution is -2.49. The Bertz CT molecular complexity index is 1780. The van der Waals surface area contributed by atoms with E-state index in [0.717, 1.165) is 35.5 Å². The van der Waals surface area contributed by atoms with Gasteiger partial charge in [0.1, 0.15) is 16.8 Å². The molecule has 3 aromatic carbocycles. The average molecular weight is 619 g/mol. The summed E-state index contributed by atoms with van der Waals surface area (Å²) < 4.78 is 0. The Hall–Kier alpha value is -4.89. The molecule has 45 heavy (non-hydrogen) atoms. The number of piperidine rings is 1. The number of para-hydroxylation sites is 1. The fraction of sp³-hybridized carbons (Fsp3) is 0.222. The molecule has 2 amide bonds. The number of hydrogen-bond acceptors (Lipinski definition) is 5. The number of benzene rings is 3. The fourth-order valence-electron chi connectivity index (χ4n) is 6.23. The van der Waals surface area contributed by atoms with Crippen molar-refractivity contribution in [2.45, 2.75) is 41.6 Å². The number of carbonyl (C=O) groups is 3. The van der Waals surface area contributed by atoms with Crippen molar-refractivity contribution in [3.05, 3.63) is 126 Å². The number of nitrogens with zero attached hydrogens (tertiary/aromatic N) is 2. The van der Waals surface area contributed by atoms with Gasteiger partial charge in [-0.3, -0.25) is 9.59 Å². The number of carbonyl (C=O) groups excluding carboxylic acids is 2. The molecule has 0 bridgehead atoms. The van der Waals surface area contributed by atoms with E-state index < -0.39 is 17.9 Å². The van der Waals surface area contributed by atoms with E-state index in [9.17, 15) is 19.5 Å². The molecule has 1 aliphatic rings. The van der Waals surface area contributed by atoms with Gasteiger partial charge in [0.2, 0.25) is 5.91 Å². The number of carboxylic acid groups (broad SMARTS) is 1. The van der Waals surface area contributed by atoms with Crippen molar-refractivity contribution in [3.8, 4) is 0 Å². The zero-order chi connectivity index (χ0) is 31.3. The third-order valence-corrected chi connectivity index (χ3v) is 9.59. The molecule has 1 saturated heterocycles. The zero-order valence-electron chi connectivity index (χ0n) is 24.9. The molecule has 228 valence electrons. The minimum Gasteiger partial charge on any atom is -0.478 e. The Morgan fingerprint density at radius 2 is 1.51 bits per heavy atom. The molecule has 1 aliphatic heterocycles. The molecule has 3 N–H and O–H groups in total. The van der Waals surface area contributed by atoms with Crippen molar-refractivity contribution in [1.82, 2.24) is 20.2 Å².